The van der Waals surface area contributed by atoms with Gasteiger partial charge in [0, 0.05) is 35.8 Å². The highest BCUT2D eigenvalue weighted by Crippen LogP contribution is 2.39. The molecule has 170 valence electrons. The fourth-order valence-corrected chi connectivity index (χ4v) is 4.23. The topological polar surface area (TPSA) is 97.2 Å². The number of aryl methyl sites for hydroxylation is 1. The molecule has 10 heteroatoms. The van der Waals surface area contributed by atoms with Gasteiger partial charge in [-0.3, -0.25) is 0 Å². The second kappa shape index (κ2) is 8.09. The van der Waals surface area contributed by atoms with Gasteiger partial charge in [0.2, 0.25) is 0 Å². The minimum absolute atomic E-state index is 0.0260. The Kier molecular flexibility index (Phi) is 5.58. The zero-order valence-corrected chi connectivity index (χ0v) is 18.2. The van der Waals surface area contributed by atoms with E-state index >= 15 is 0 Å². The lowest BCUT2D eigenvalue weighted by atomic mass is 9.99. The van der Waals surface area contributed by atoms with Gasteiger partial charge >= 0.3 is 6.18 Å². The number of piperidine rings is 1. The first-order valence-corrected chi connectivity index (χ1v) is 10.4. The van der Waals surface area contributed by atoms with Crippen LogP contribution in [0.2, 0.25) is 0 Å². The molecule has 32 heavy (non-hydrogen) atoms. The molecule has 7 nitrogen and oxygen atoms in total. The van der Waals surface area contributed by atoms with Crippen molar-refractivity contribution in [3.8, 4) is 11.3 Å². The summed E-state index contributed by atoms with van der Waals surface area (Å²) in [7, 11) is 4.10. The first-order chi connectivity index (χ1) is 15.0. The monoisotopic (exact) mass is 445 g/mol. The molecule has 1 aromatic carbocycles. The molecule has 4 N–H and O–H groups in total. The van der Waals surface area contributed by atoms with E-state index in [-0.39, 0.29) is 11.5 Å². The predicted molar refractivity (Wildman–Crippen MR) is 120 cm³/mol. The summed E-state index contributed by atoms with van der Waals surface area (Å²) >= 11 is 0. The van der Waals surface area contributed by atoms with E-state index in [2.05, 4.69) is 34.1 Å². The highest BCUT2D eigenvalue weighted by Gasteiger charge is 2.32. The van der Waals surface area contributed by atoms with Crippen molar-refractivity contribution < 1.29 is 13.2 Å². The smallest absolute Gasteiger partial charge is 0.399 e. The van der Waals surface area contributed by atoms with Crippen molar-refractivity contribution in [3.63, 3.8) is 0 Å². The highest BCUT2D eigenvalue weighted by molar-refractivity contribution is 5.96. The van der Waals surface area contributed by atoms with Crippen molar-refractivity contribution in [2.24, 2.45) is 0 Å². The molecule has 0 bridgehead atoms. The van der Waals surface area contributed by atoms with Crippen molar-refractivity contribution in [2.45, 2.75) is 32.0 Å². The third kappa shape index (κ3) is 4.14. The van der Waals surface area contributed by atoms with Crippen LogP contribution in [0, 0.1) is 6.92 Å². The number of pyridine rings is 1. The number of fused-ring (bicyclic) bond motifs is 1. The van der Waals surface area contributed by atoms with Crippen LogP contribution in [0.15, 0.2) is 24.3 Å². The van der Waals surface area contributed by atoms with Crippen LogP contribution in [0.25, 0.3) is 22.2 Å². The lowest BCUT2D eigenvalue weighted by molar-refractivity contribution is -0.137. The van der Waals surface area contributed by atoms with Crippen LogP contribution in [0.1, 0.15) is 24.1 Å². The SMILES string of the molecule is Cc1nnc(N)c2cc(N3CCC(N(C)C)CC3)c(-c3cc(N)cc(C(F)(F)F)c3)nc12. The molecule has 0 aliphatic carbocycles. The zero-order chi connectivity index (χ0) is 23.2. The fourth-order valence-electron chi connectivity index (χ4n) is 4.23. The third-order valence-corrected chi connectivity index (χ3v) is 6.02. The maximum Gasteiger partial charge on any atom is 0.416 e. The van der Waals surface area contributed by atoms with Crippen molar-refractivity contribution >= 4 is 28.1 Å². The van der Waals surface area contributed by atoms with Crippen LogP contribution in [-0.2, 0) is 6.18 Å². The van der Waals surface area contributed by atoms with Crippen LogP contribution >= 0.6 is 0 Å². The molecule has 1 saturated heterocycles. The van der Waals surface area contributed by atoms with Gasteiger partial charge in [-0.25, -0.2) is 4.98 Å². The Labute approximate surface area is 184 Å². The van der Waals surface area contributed by atoms with Gasteiger partial charge in [0.1, 0.15) is 0 Å². The van der Waals surface area contributed by atoms with E-state index in [0.29, 0.717) is 39.6 Å². The number of aromatic nitrogens is 3. The van der Waals surface area contributed by atoms with Gasteiger partial charge in [0.05, 0.1) is 28.2 Å². The molecular formula is C22H26F3N7. The quantitative estimate of drug-likeness (QED) is 0.593. The molecule has 0 amide bonds. The summed E-state index contributed by atoms with van der Waals surface area (Å²) in [6.45, 7) is 3.23. The van der Waals surface area contributed by atoms with E-state index in [9.17, 15) is 13.2 Å². The van der Waals surface area contributed by atoms with E-state index in [1.807, 2.05) is 6.07 Å². The van der Waals surface area contributed by atoms with Gasteiger partial charge in [-0.2, -0.15) is 18.3 Å². The number of alkyl halides is 3. The average Bonchev–Trinajstić information content (AvgIpc) is 2.74. The molecule has 0 unspecified atom stereocenters. The number of hydrogen-bond acceptors (Lipinski definition) is 7. The standard InChI is InChI=1S/C22H26F3N7/c1-12-19-17(21(27)30-29-12)11-18(32-6-4-16(5-7-32)31(2)3)20(28-19)13-8-14(22(23,24)25)10-15(26)9-13/h8-11,16H,4-7,26H2,1-3H3,(H2,27,30). The Morgan fingerprint density at radius 1 is 1.03 bits per heavy atom. The summed E-state index contributed by atoms with van der Waals surface area (Å²) in [6.07, 6.45) is -2.66. The largest absolute Gasteiger partial charge is 0.416 e. The number of anilines is 3. The molecular weight excluding hydrogens is 419 g/mol. The number of hydrogen-bond donors (Lipinski definition) is 2. The average molecular weight is 445 g/mol. The molecule has 0 saturated carbocycles. The molecule has 0 radical (unpaired) electrons. The number of nitrogens with two attached hydrogens (primary N) is 2. The minimum atomic E-state index is -4.52. The third-order valence-electron chi connectivity index (χ3n) is 6.02. The maximum absolute atomic E-state index is 13.5. The van der Waals surface area contributed by atoms with Crippen LogP contribution in [0.3, 0.4) is 0 Å². The second-order valence-corrected chi connectivity index (χ2v) is 8.45. The van der Waals surface area contributed by atoms with E-state index in [1.165, 1.54) is 6.07 Å². The molecule has 3 aromatic rings. The van der Waals surface area contributed by atoms with E-state index in [1.54, 1.807) is 6.92 Å². The number of halogens is 3. The summed E-state index contributed by atoms with van der Waals surface area (Å²) in [5.41, 5.74) is 13.6. The Morgan fingerprint density at radius 3 is 2.34 bits per heavy atom. The molecule has 3 heterocycles. The summed E-state index contributed by atoms with van der Waals surface area (Å²) in [4.78, 5) is 9.08. The van der Waals surface area contributed by atoms with E-state index < -0.39 is 11.7 Å². The zero-order valence-electron chi connectivity index (χ0n) is 18.2. The van der Waals surface area contributed by atoms with Gasteiger partial charge < -0.3 is 21.3 Å². The lowest BCUT2D eigenvalue weighted by Crippen LogP contribution is -2.42. The Balaban J connectivity index is 1.91. The van der Waals surface area contributed by atoms with Crippen molar-refractivity contribution in [2.75, 3.05) is 43.6 Å². The van der Waals surface area contributed by atoms with Crippen molar-refractivity contribution in [3.05, 3.63) is 35.5 Å². The van der Waals surface area contributed by atoms with E-state index in [4.69, 9.17) is 16.5 Å². The number of rotatable bonds is 3. The Morgan fingerprint density at radius 2 is 1.72 bits per heavy atom. The van der Waals surface area contributed by atoms with Crippen LogP contribution in [0.5, 0.6) is 0 Å². The Hall–Kier alpha value is -3.14. The van der Waals surface area contributed by atoms with Gasteiger partial charge in [-0.15, -0.1) is 5.10 Å². The van der Waals surface area contributed by atoms with Crippen molar-refractivity contribution in [1.29, 1.82) is 0 Å². The Bertz CT molecular complexity index is 1150. The lowest BCUT2D eigenvalue weighted by Gasteiger charge is -2.37. The highest BCUT2D eigenvalue weighted by atomic mass is 19.4. The van der Waals surface area contributed by atoms with E-state index in [0.717, 1.165) is 38.1 Å². The summed E-state index contributed by atoms with van der Waals surface area (Å²) in [5, 5.41) is 8.64. The van der Waals surface area contributed by atoms with Crippen molar-refractivity contribution in [1.82, 2.24) is 20.1 Å². The summed E-state index contributed by atoms with van der Waals surface area (Å²) in [6, 6.07) is 5.86. The van der Waals surface area contributed by atoms with Gasteiger partial charge in [0.25, 0.3) is 0 Å². The summed E-state index contributed by atoms with van der Waals surface area (Å²) < 4.78 is 40.4. The minimum Gasteiger partial charge on any atom is -0.399 e. The van der Waals surface area contributed by atoms with Gasteiger partial charge in [-0.1, -0.05) is 0 Å². The predicted octanol–water partition coefficient (Wildman–Crippen LogP) is 3.71. The molecule has 1 fully saturated rings. The first kappa shape index (κ1) is 22.1. The van der Waals surface area contributed by atoms with Crippen LogP contribution < -0.4 is 16.4 Å². The molecule has 0 spiro atoms. The number of nitrogens with zero attached hydrogens (tertiary/aromatic N) is 5. The number of nitrogen functional groups attached to an aromatic ring is 2. The first-order valence-electron chi connectivity index (χ1n) is 10.4. The molecule has 4 rings (SSSR count). The fraction of sp³-hybridized carbons (Fsp3) is 0.409. The van der Waals surface area contributed by atoms with Gasteiger partial charge in [-0.05, 0) is 58.1 Å². The normalized spacial score (nSPS) is 15.7. The van der Waals surface area contributed by atoms with Crippen LogP contribution in [-0.4, -0.2) is 53.3 Å². The van der Waals surface area contributed by atoms with Crippen LogP contribution in [0.4, 0.5) is 30.4 Å². The number of benzene rings is 1. The van der Waals surface area contributed by atoms with Gasteiger partial charge in [0.15, 0.2) is 5.82 Å². The maximum atomic E-state index is 13.5. The second-order valence-electron chi connectivity index (χ2n) is 8.45. The molecule has 0 atom stereocenters. The summed E-state index contributed by atoms with van der Waals surface area (Å²) in [5.74, 6) is 0.234. The molecule has 1 aliphatic heterocycles. The molecule has 2 aromatic heterocycles. The molecule has 1 aliphatic rings.